The molecule has 5 nitrogen and oxygen atoms in total. The fraction of sp³-hybridized carbons (Fsp3) is 0.611. The molecule has 0 radical (unpaired) electrons. The highest BCUT2D eigenvalue weighted by Crippen LogP contribution is 2.55. The zero-order valence-corrected chi connectivity index (χ0v) is 15.6. The zero-order chi connectivity index (χ0) is 20.0. The van der Waals surface area contributed by atoms with Crippen LogP contribution in [0.2, 0.25) is 0 Å². The number of carbonyl (C=O) groups is 1. The van der Waals surface area contributed by atoms with E-state index in [-0.39, 0.29) is 17.0 Å². The molecule has 0 unspecified atom stereocenters. The standard InChI is InChI=1S/C18H21F3O5S/c1-27(24,25)13-8-7-12(17(9-10-17)16(22)23)14(11-5-3-2-4-6-11)15(13)26-18(19,20)21/h7-8,11H,2-6,9-10H2,1H3,(H,22,23). The first-order valence-electron chi connectivity index (χ1n) is 8.82. The van der Waals surface area contributed by atoms with E-state index in [0.29, 0.717) is 25.7 Å². The molecule has 0 atom stereocenters. The van der Waals surface area contributed by atoms with Crippen LogP contribution in [0.4, 0.5) is 13.2 Å². The number of halogens is 3. The SMILES string of the molecule is CS(=O)(=O)c1ccc(C2(C(=O)O)CC2)c(C2CCCCC2)c1OC(F)(F)F. The van der Waals surface area contributed by atoms with E-state index in [9.17, 15) is 31.5 Å². The lowest BCUT2D eigenvalue weighted by Crippen LogP contribution is -2.26. The van der Waals surface area contributed by atoms with Crippen molar-refractivity contribution in [1.29, 1.82) is 0 Å². The molecule has 2 fully saturated rings. The molecule has 27 heavy (non-hydrogen) atoms. The maximum absolute atomic E-state index is 13.1. The summed E-state index contributed by atoms with van der Waals surface area (Å²) in [6.45, 7) is 0. The Kier molecular flexibility index (Phi) is 4.95. The second-order valence-corrected chi connectivity index (χ2v) is 9.38. The second-order valence-electron chi connectivity index (χ2n) is 7.40. The quantitative estimate of drug-likeness (QED) is 0.794. The summed E-state index contributed by atoms with van der Waals surface area (Å²) in [6, 6.07) is 2.41. The van der Waals surface area contributed by atoms with Crippen LogP contribution in [0.15, 0.2) is 17.0 Å². The van der Waals surface area contributed by atoms with Gasteiger partial charge in [0.15, 0.2) is 15.6 Å². The van der Waals surface area contributed by atoms with E-state index in [1.807, 2.05) is 0 Å². The van der Waals surface area contributed by atoms with Crippen LogP contribution in [-0.4, -0.2) is 32.1 Å². The number of sulfone groups is 1. The van der Waals surface area contributed by atoms with Gasteiger partial charge >= 0.3 is 12.3 Å². The Morgan fingerprint density at radius 2 is 1.78 bits per heavy atom. The minimum absolute atomic E-state index is 0.106. The highest BCUT2D eigenvalue weighted by molar-refractivity contribution is 7.90. The van der Waals surface area contributed by atoms with Crippen molar-refractivity contribution < 1.29 is 36.2 Å². The molecule has 2 saturated carbocycles. The van der Waals surface area contributed by atoms with Gasteiger partial charge in [0, 0.05) is 11.8 Å². The smallest absolute Gasteiger partial charge is 0.481 e. The molecule has 0 amide bonds. The Morgan fingerprint density at radius 3 is 2.22 bits per heavy atom. The van der Waals surface area contributed by atoms with Crippen LogP contribution in [-0.2, 0) is 20.0 Å². The Hall–Kier alpha value is -1.77. The van der Waals surface area contributed by atoms with Crippen molar-refractivity contribution in [1.82, 2.24) is 0 Å². The molecular formula is C18H21F3O5S. The Morgan fingerprint density at radius 1 is 1.19 bits per heavy atom. The molecule has 0 bridgehead atoms. The van der Waals surface area contributed by atoms with E-state index in [0.717, 1.165) is 31.6 Å². The molecule has 1 N–H and O–H groups in total. The van der Waals surface area contributed by atoms with E-state index in [4.69, 9.17) is 0 Å². The topological polar surface area (TPSA) is 80.7 Å². The van der Waals surface area contributed by atoms with Crippen molar-refractivity contribution in [2.75, 3.05) is 6.26 Å². The fourth-order valence-electron chi connectivity index (χ4n) is 4.03. The van der Waals surface area contributed by atoms with Gasteiger partial charge in [0.2, 0.25) is 0 Å². The summed E-state index contributed by atoms with van der Waals surface area (Å²) in [5, 5.41) is 9.65. The summed E-state index contributed by atoms with van der Waals surface area (Å²) in [7, 11) is -4.00. The van der Waals surface area contributed by atoms with E-state index in [1.54, 1.807) is 0 Å². The highest BCUT2D eigenvalue weighted by Gasteiger charge is 2.54. The lowest BCUT2D eigenvalue weighted by Gasteiger charge is -2.29. The summed E-state index contributed by atoms with van der Waals surface area (Å²) < 4.78 is 67.8. The molecule has 150 valence electrons. The molecule has 1 aromatic carbocycles. The monoisotopic (exact) mass is 406 g/mol. The van der Waals surface area contributed by atoms with Crippen LogP contribution in [0.1, 0.15) is 62.0 Å². The van der Waals surface area contributed by atoms with Crippen LogP contribution in [0, 0.1) is 0 Å². The minimum atomic E-state index is -5.08. The largest absolute Gasteiger partial charge is 0.573 e. The van der Waals surface area contributed by atoms with Gasteiger partial charge in [-0.15, -0.1) is 13.2 Å². The maximum atomic E-state index is 13.1. The first-order valence-corrected chi connectivity index (χ1v) is 10.7. The van der Waals surface area contributed by atoms with Crippen LogP contribution >= 0.6 is 0 Å². The minimum Gasteiger partial charge on any atom is -0.481 e. The lowest BCUT2D eigenvalue weighted by atomic mass is 9.78. The molecular weight excluding hydrogens is 385 g/mol. The van der Waals surface area contributed by atoms with Crippen LogP contribution in [0.5, 0.6) is 5.75 Å². The number of aliphatic carboxylic acids is 1. The molecule has 1 aromatic rings. The van der Waals surface area contributed by atoms with Crippen molar-refractivity contribution in [3.05, 3.63) is 23.3 Å². The molecule has 9 heteroatoms. The average molecular weight is 406 g/mol. The third-order valence-corrected chi connectivity index (χ3v) is 6.59. The molecule has 0 spiro atoms. The van der Waals surface area contributed by atoms with Crippen molar-refractivity contribution in [2.24, 2.45) is 0 Å². The van der Waals surface area contributed by atoms with Crippen molar-refractivity contribution in [3.63, 3.8) is 0 Å². The van der Waals surface area contributed by atoms with E-state index < -0.39 is 38.2 Å². The Balaban J connectivity index is 2.29. The van der Waals surface area contributed by atoms with Crippen molar-refractivity contribution in [3.8, 4) is 5.75 Å². The van der Waals surface area contributed by atoms with Crippen LogP contribution in [0.3, 0.4) is 0 Å². The second kappa shape index (κ2) is 6.68. The van der Waals surface area contributed by atoms with E-state index in [1.165, 1.54) is 6.07 Å². The lowest BCUT2D eigenvalue weighted by molar-refractivity contribution is -0.276. The predicted octanol–water partition coefficient (Wildman–Crippen LogP) is 4.15. The van der Waals surface area contributed by atoms with E-state index in [2.05, 4.69) is 4.74 Å². The summed E-state index contributed by atoms with van der Waals surface area (Å²) in [5.41, 5.74) is -0.893. The van der Waals surface area contributed by atoms with Gasteiger partial charge in [-0.1, -0.05) is 25.3 Å². The molecule has 0 saturated heterocycles. The summed E-state index contributed by atoms with van der Waals surface area (Å²) in [6.07, 6.45) is 0.0295. The number of carboxylic acids is 1. The molecule has 0 aromatic heterocycles. The summed E-state index contributed by atoms with van der Waals surface area (Å²) in [4.78, 5) is 11.3. The number of rotatable bonds is 5. The number of alkyl halides is 3. The number of benzene rings is 1. The highest BCUT2D eigenvalue weighted by atomic mass is 32.2. The van der Waals surface area contributed by atoms with Gasteiger partial charge in [0.1, 0.15) is 4.90 Å². The van der Waals surface area contributed by atoms with E-state index >= 15 is 0 Å². The first kappa shape index (κ1) is 20.0. The molecule has 0 aliphatic heterocycles. The number of ether oxygens (including phenoxy) is 1. The number of carboxylic acid groups (broad SMARTS) is 1. The Bertz CT molecular complexity index is 850. The van der Waals surface area contributed by atoms with Gasteiger partial charge in [-0.25, -0.2) is 8.42 Å². The average Bonchev–Trinajstić information content (AvgIpc) is 3.34. The van der Waals surface area contributed by atoms with Crippen molar-refractivity contribution >= 4 is 15.8 Å². The maximum Gasteiger partial charge on any atom is 0.573 e. The van der Waals surface area contributed by atoms with Gasteiger partial charge in [0.25, 0.3) is 0 Å². The van der Waals surface area contributed by atoms with Gasteiger partial charge in [-0.3, -0.25) is 4.79 Å². The third-order valence-electron chi connectivity index (χ3n) is 5.47. The normalized spacial score (nSPS) is 20.3. The predicted molar refractivity (Wildman–Crippen MR) is 90.6 cm³/mol. The Labute approximate surface area is 155 Å². The summed E-state index contributed by atoms with van der Waals surface area (Å²) in [5.74, 6) is -2.21. The van der Waals surface area contributed by atoms with Gasteiger partial charge < -0.3 is 9.84 Å². The molecule has 2 aliphatic rings. The van der Waals surface area contributed by atoms with Gasteiger partial charge in [-0.2, -0.15) is 0 Å². The zero-order valence-electron chi connectivity index (χ0n) is 14.8. The summed E-state index contributed by atoms with van der Waals surface area (Å²) >= 11 is 0. The first-order chi connectivity index (χ1) is 12.5. The van der Waals surface area contributed by atoms with Gasteiger partial charge in [0.05, 0.1) is 5.41 Å². The van der Waals surface area contributed by atoms with Crippen LogP contribution < -0.4 is 4.74 Å². The van der Waals surface area contributed by atoms with Crippen molar-refractivity contribution in [2.45, 2.75) is 67.5 Å². The number of hydrogen-bond donors (Lipinski definition) is 1. The van der Waals surface area contributed by atoms with Crippen LogP contribution in [0.25, 0.3) is 0 Å². The third kappa shape index (κ3) is 3.93. The fourth-order valence-corrected chi connectivity index (χ4v) is 4.83. The molecule has 2 aliphatic carbocycles. The molecule has 3 rings (SSSR count). The van der Waals surface area contributed by atoms with Gasteiger partial charge in [-0.05, 0) is 43.2 Å². The molecule has 0 heterocycles. The number of hydrogen-bond acceptors (Lipinski definition) is 4.